The number of halogens is 2. The molecule has 0 aromatic carbocycles. The summed E-state index contributed by atoms with van der Waals surface area (Å²) in [6, 6.07) is 0. The van der Waals surface area contributed by atoms with E-state index in [2.05, 4.69) is 0 Å². The van der Waals surface area contributed by atoms with Crippen molar-refractivity contribution in [2.45, 2.75) is 13.1 Å². The molecule has 0 heterocycles. The van der Waals surface area contributed by atoms with Crippen molar-refractivity contribution >= 4 is 28.9 Å². The molecule has 0 nitrogen and oxygen atoms in total. The fraction of sp³-hybridized carbons (Fsp3) is 1.00. The Balaban J connectivity index is 0. The van der Waals surface area contributed by atoms with Crippen LogP contribution in [0.4, 0.5) is 0 Å². The van der Waals surface area contributed by atoms with Crippen LogP contribution in [0.2, 0.25) is 13.1 Å². The Bertz CT molecular complexity index is 27.0. The minimum absolute atomic E-state index is 0. The Morgan fingerprint density at radius 3 is 1.17 bits per heavy atom. The molecule has 0 N–H and O–H groups in total. The van der Waals surface area contributed by atoms with E-state index in [9.17, 15) is 0 Å². The normalized spacial score (nSPS) is 10.0. The Morgan fingerprint density at radius 1 is 1.17 bits per heavy atom. The predicted octanol–water partition coefficient (Wildman–Crippen LogP) is 2.16. The van der Waals surface area contributed by atoms with Gasteiger partial charge in [-0.25, -0.2) is 0 Å². The standard InChI is InChI=1S/C2H6Cl2Si.Zr/c1-5(2,3)4;/h1-2H3;. The molecule has 0 amide bonds. The second kappa shape index (κ2) is 3.65. The third-order valence-corrected chi connectivity index (χ3v) is 0. The summed E-state index contributed by atoms with van der Waals surface area (Å²) in [5.41, 5.74) is 0. The molecule has 0 radical (unpaired) electrons. The van der Waals surface area contributed by atoms with Crippen molar-refractivity contribution in [3.8, 4) is 0 Å². The van der Waals surface area contributed by atoms with Gasteiger partial charge in [0.05, 0.1) is 0 Å². The summed E-state index contributed by atoms with van der Waals surface area (Å²) < 4.78 is 0. The zero-order valence-corrected chi connectivity index (χ0v) is 8.73. The van der Waals surface area contributed by atoms with Gasteiger partial charge in [-0.1, -0.05) is 0 Å². The van der Waals surface area contributed by atoms with Crippen LogP contribution in [-0.2, 0) is 26.2 Å². The second-order valence-electron chi connectivity index (χ2n) is 1.33. The van der Waals surface area contributed by atoms with E-state index in [1.807, 2.05) is 13.1 Å². The van der Waals surface area contributed by atoms with E-state index in [0.29, 0.717) is 0 Å². The average Bonchev–Trinajstić information content (AvgIpc) is 0.722. The van der Waals surface area contributed by atoms with Gasteiger partial charge in [0.15, 0.2) is 0 Å². The van der Waals surface area contributed by atoms with Gasteiger partial charge in [0.2, 0.25) is 6.69 Å². The van der Waals surface area contributed by atoms with Crippen molar-refractivity contribution in [3.63, 3.8) is 0 Å². The van der Waals surface area contributed by atoms with E-state index < -0.39 is 6.69 Å². The van der Waals surface area contributed by atoms with Crippen molar-refractivity contribution in [2.24, 2.45) is 0 Å². The van der Waals surface area contributed by atoms with E-state index >= 15 is 0 Å². The van der Waals surface area contributed by atoms with E-state index in [1.165, 1.54) is 0 Å². The fourth-order valence-electron chi connectivity index (χ4n) is 0. The molecule has 0 saturated heterocycles. The van der Waals surface area contributed by atoms with Crippen molar-refractivity contribution < 1.29 is 26.2 Å². The predicted molar refractivity (Wildman–Crippen MR) is 29.2 cm³/mol. The van der Waals surface area contributed by atoms with Crippen LogP contribution in [0.25, 0.3) is 0 Å². The van der Waals surface area contributed by atoms with Crippen LogP contribution in [0.3, 0.4) is 0 Å². The first-order chi connectivity index (χ1) is 2.00. The molecular formula is C2H6Cl2SiZr. The van der Waals surface area contributed by atoms with Crippen molar-refractivity contribution in [1.82, 2.24) is 0 Å². The molecule has 0 spiro atoms. The number of hydrogen-bond acceptors (Lipinski definition) is 0. The van der Waals surface area contributed by atoms with E-state index in [4.69, 9.17) is 22.2 Å². The van der Waals surface area contributed by atoms with Gasteiger partial charge in [0, 0.05) is 26.2 Å². The minimum atomic E-state index is -1.67. The molecule has 0 bridgehead atoms. The molecule has 0 aliphatic carbocycles. The third kappa shape index (κ3) is 44.1. The van der Waals surface area contributed by atoms with Crippen LogP contribution in [0.1, 0.15) is 0 Å². The van der Waals surface area contributed by atoms with Crippen molar-refractivity contribution in [3.05, 3.63) is 0 Å². The molecule has 0 aliphatic rings. The molecule has 36 valence electrons. The molecule has 0 aliphatic heterocycles. The quantitative estimate of drug-likeness (QED) is 0.433. The zero-order valence-electron chi connectivity index (χ0n) is 3.76. The Labute approximate surface area is 67.8 Å². The van der Waals surface area contributed by atoms with Crippen molar-refractivity contribution in [1.29, 1.82) is 0 Å². The molecule has 0 atom stereocenters. The molecule has 6 heavy (non-hydrogen) atoms. The van der Waals surface area contributed by atoms with Crippen LogP contribution in [0.15, 0.2) is 0 Å². The summed E-state index contributed by atoms with van der Waals surface area (Å²) in [6.45, 7) is 2.05. The topological polar surface area (TPSA) is 0 Å². The average molecular weight is 220 g/mol. The Hall–Kier alpha value is 1.68. The summed E-state index contributed by atoms with van der Waals surface area (Å²) in [5.74, 6) is 0. The van der Waals surface area contributed by atoms with Crippen LogP contribution < -0.4 is 0 Å². The largest absolute Gasteiger partial charge is 0.245 e. The SMILES string of the molecule is C[Si](C)(Cl)Cl.[Zr]. The van der Waals surface area contributed by atoms with Gasteiger partial charge in [-0.05, 0) is 13.1 Å². The fourth-order valence-corrected chi connectivity index (χ4v) is 0. The monoisotopic (exact) mass is 218 g/mol. The zero-order chi connectivity index (χ0) is 4.50. The molecular weight excluding hydrogens is 214 g/mol. The maximum absolute atomic E-state index is 5.43. The smallest absolute Gasteiger partial charge is 0.146 e. The molecule has 0 fully saturated rings. The molecule has 0 rings (SSSR count). The van der Waals surface area contributed by atoms with Gasteiger partial charge < -0.3 is 0 Å². The van der Waals surface area contributed by atoms with Crippen LogP contribution >= 0.6 is 22.2 Å². The first-order valence-corrected chi connectivity index (χ1v) is 6.40. The van der Waals surface area contributed by atoms with Gasteiger partial charge >= 0.3 is 0 Å². The van der Waals surface area contributed by atoms with Gasteiger partial charge in [-0.2, -0.15) is 0 Å². The second-order valence-corrected chi connectivity index (χ2v) is 10.2. The summed E-state index contributed by atoms with van der Waals surface area (Å²) >= 11 is 10.9. The van der Waals surface area contributed by atoms with Crippen LogP contribution in [0, 0.1) is 0 Å². The van der Waals surface area contributed by atoms with E-state index in [1.54, 1.807) is 0 Å². The third-order valence-electron chi connectivity index (χ3n) is 0. The van der Waals surface area contributed by atoms with Crippen LogP contribution in [-0.4, -0.2) is 6.69 Å². The maximum Gasteiger partial charge on any atom is 0.245 e. The summed E-state index contributed by atoms with van der Waals surface area (Å²) in [5, 5.41) is 0. The van der Waals surface area contributed by atoms with Crippen LogP contribution in [0.5, 0.6) is 0 Å². The van der Waals surface area contributed by atoms with Gasteiger partial charge in [-0.3, -0.25) is 0 Å². The van der Waals surface area contributed by atoms with Crippen molar-refractivity contribution in [2.75, 3.05) is 0 Å². The van der Waals surface area contributed by atoms with Gasteiger partial charge in [0.1, 0.15) is 0 Å². The van der Waals surface area contributed by atoms with E-state index in [-0.39, 0.29) is 26.2 Å². The number of hydrogen-bond donors (Lipinski definition) is 0. The van der Waals surface area contributed by atoms with Gasteiger partial charge in [0.25, 0.3) is 0 Å². The van der Waals surface area contributed by atoms with Gasteiger partial charge in [-0.15, -0.1) is 22.2 Å². The molecule has 0 aromatic rings. The Morgan fingerprint density at radius 2 is 1.17 bits per heavy atom. The first-order valence-electron chi connectivity index (χ1n) is 1.38. The number of rotatable bonds is 0. The summed E-state index contributed by atoms with van der Waals surface area (Å²) in [7, 11) is 0. The Kier molecular flexibility index (Phi) is 6.47. The molecule has 0 saturated carbocycles. The van der Waals surface area contributed by atoms with E-state index in [0.717, 1.165) is 0 Å². The maximum atomic E-state index is 5.43. The molecule has 0 unspecified atom stereocenters. The molecule has 4 heteroatoms. The first kappa shape index (κ1) is 10.6. The minimum Gasteiger partial charge on any atom is -0.146 e. The summed E-state index contributed by atoms with van der Waals surface area (Å²) in [4.78, 5) is 0. The summed E-state index contributed by atoms with van der Waals surface area (Å²) in [6.07, 6.45) is 0. The molecule has 0 aromatic heterocycles.